The second-order valence-corrected chi connectivity index (χ2v) is 6.54. The molecule has 3 aromatic rings. The second kappa shape index (κ2) is 7.67. The SMILES string of the molecule is COc1ccc(-c2cnn3c2NC(=O)C3CC(=O)Nc2ccccc2OC)cc1. The highest BCUT2D eigenvalue weighted by Crippen LogP contribution is 2.36. The zero-order chi connectivity index (χ0) is 20.4. The van der Waals surface area contributed by atoms with Crippen molar-refractivity contribution in [2.24, 2.45) is 0 Å². The van der Waals surface area contributed by atoms with Crippen molar-refractivity contribution in [1.82, 2.24) is 9.78 Å². The third-order valence-corrected chi connectivity index (χ3v) is 4.80. The summed E-state index contributed by atoms with van der Waals surface area (Å²) in [5, 5.41) is 9.97. The third-order valence-electron chi connectivity index (χ3n) is 4.80. The summed E-state index contributed by atoms with van der Waals surface area (Å²) in [6, 6.07) is 13.9. The number of para-hydroxylation sites is 2. The molecule has 2 heterocycles. The molecule has 2 N–H and O–H groups in total. The maximum Gasteiger partial charge on any atom is 0.251 e. The van der Waals surface area contributed by atoms with Crippen LogP contribution in [0.1, 0.15) is 12.5 Å². The van der Waals surface area contributed by atoms with Gasteiger partial charge < -0.3 is 20.1 Å². The van der Waals surface area contributed by atoms with Gasteiger partial charge in [-0.1, -0.05) is 24.3 Å². The van der Waals surface area contributed by atoms with Gasteiger partial charge in [0.15, 0.2) is 0 Å². The van der Waals surface area contributed by atoms with E-state index in [1.807, 2.05) is 30.3 Å². The summed E-state index contributed by atoms with van der Waals surface area (Å²) in [7, 11) is 3.14. The minimum absolute atomic E-state index is 0.0411. The predicted molar refractivity (Wildman–Crippen MR) is 108 cm³/mol. The fraction of sp³-hybridized carbons (Fsp3) is 0.190. The van der Waals surface area contributed by atoms with Crippen molar-refractivity contribution in [3.63, 3.8) is 0 Å². The summed E-state index contributed by atoms with van der Waals surface area (Å²) >= 11 is 0. The van der Waals surface area contributed by atoms with Crippen LogP contribution in [0.15, 0.2) is 54.7 Å². The maximum absolute atomic E-state index is 12.5. The second-order valence-electron chi connectivity index (χ2n) is 6.54. The number of anilines is 2. The first-order chi connectivity index (χ1) is 14.1. The van der Waals surface area contributed by atoms with Crippen LogP contribution in [-0.2, 0) is 9.59 Å². The van der Waals surface area contributed by atoms with Crippen LogP contribution in [-0.4, -0.2) is 35.8 Å². The molecule has 1 aliphatic rings. The number of rotatable bonds is 6. The molecule has 1 unspecified atom stereocenters. The first-order valence-corrected chi connectivity index (χ1v) is 9.06. The van der Waals surface area contributed by atoms with Crippen LogP contribution in [0.5, 0.6) is 11.5 Å². The fourth-order valence-corrected chi connectivity index (χ4v) is 3.32. The Kier molecular flexibility index (Phi) is 4.90. The van der Waals surface area contributed by atoms with Gasteiger partial charge in [-0.2, -0.15) is 5.10 Å². The quantitative estimate of drug-likeness (QED) is 0.672. The van der Waals surface area contributed by atoms with Gasteiger partial charge in [0.05, 0.1) is 32.5 Å². The zero-order valence-corrected chi connectivity index (χ0v) is 16.0. The van der Waals surface area contributed by atoms with Crippen LogP contribution < -0.4 is 20.1 Å². The van der Waals surface area contributed by atoms with Crippen molar-refractivity contribution >= 4 is 23.3 Å². The topological polar surface area (TPSA) is 94.5 Å². The van der Waals surface area contributed by atoms with E-state index < -0.39 is 6.04 Å². The third kappa shape index (κ3) is 3.52. The molecule has 0 saturated carbocycles. The van der Waals surface area contributed by atoms with Gasteiger partial charge in [-0.05, 0) is 29.8 Å². The molecule has 0 spiro atoms. The van der Waals surface area contributed by atoms with Crippen molar-refractivity contribution in [2.45, 2.75) is 12.5 Å². The van der Waals surface area contributed by atoms with Crippen LogP contribution in [0.3, 0.4) is 0 Å². The Bertz CT molecular complexity index is 1060. The molecule has 2 amide bonds. The number of nitrogens with zero attached hydrogens (tertiary/aromatic N) is 2. The minimum Gasteiger partial charge on any atom is -0.497 e. The van der Waals surface area contributed by atoms with Gasteiger partial charge in [0.2, 0.25) is 5.91 Å². The van der Waals surface area contributed by atoms with E-state index in [-0.39, 0.29) is 18.2 Å². The van der Waals surface area contributed by atoms with Crippen molar-refractivity contribution in [1.29, 1.82) is 0 Å². The largest absolute Gasteiger partial charge is 0.497 e. The summed E-state index contributed by atoms with van der Waals surface area (Å²) in [5.74, 6) is 1.31. The van der Waals surface area contributed by atoms with Crippen LogP contribution >= 0.6 is 0 Å². The number of nitrogens with one attached hydrogen (secondary N) is 2. The average molecular weight is 392 g/mol. The summed E-state index contributed by atoms with van der Waals surface area (Å²) in [6.45, 7) is 0. The number of carbonyl (C=O) groups excluding carboxylic acids is 2. The molecular formula is C21H20N4O4. The number of carbonyl (C=O) groups is 2. The summed E-state index contributed by atoms with van der Waals surface area (Å²) in [4.78, 5) is 25.0. The van der Waals surface area contributed by atoms with Crippen LogP contribution in [0, 0.1) is 0 Å². The first-order valence-electron chi connectivity index (χ1n) is 9.06. The molecule has 8 heteroatoms. The minimum atomic E-state index is -0.716. The Labute approximate surface area is 167 Å². The maximum atomic E-state index is 12.5. The highest BCUT2D eigenvalue weighted by molar-refractivity contribution is 6.04. The first kappa shape index (κ1) is 18.5. The van der Waals surface area contributed by atoms with E-state index in [0.717, 1.165) is 16.9 Å². The number of amides is 2. The molecule has 0 radical (unpaired) electrons. The average Bonchev–Trinajstić information content (AvgIpc) is 3.28. The normalized spacial score (nSPS) is 14.8. The van der Waals surface area contributed by atoms with Gasteiger partial charge >= 0.3 is 0 Å². The Morgan fingerprint density at radius 1 is 1.14 bits per heavy atom. The fourth-order valence-electron chi connectivity index (χ4n) is 3.32. The molecule has 29 heavy (non-hydrogen) atoms. The number of methoxy groups -OCH3 is 2. The lowest BCUT2D eigenvalue weighted by Crippen LogP contribution is -2.23. The highest BCUT2D eigenvalue weighted by atomic mass is 16.5. The molecule has 0 bridgehead atoms. The van der Waals surface area contributed by atoms with E-state index in [9.17, 15) is 9.59 Å². The molecule has 1 aromatic heterocycles. The van der Waals surface area contributed by atoms with Gasteiger partial charge in [0.1, 0.15) is 23.4 Å². The van der Waals surface area contributed by atoms with Crippen LogP contribution in [0.4, 0.5) is 11.5 Å². The summed E-state index contributed by atoms with van der Waals surface area (Å²) in [6.07, 6.45) is 1.64. The molecule has 1 atom stereocenters. The number of hydrogen-bond acceptors (Lipinski definition) is 5. The number of aromatic nitrogens is 2. The van der Waals surface area contributed by atoms with Crippen LogP contribution in [0.25, 0.3) is 11.1 Å². The number of fused-ring (bicyclic) bond motifs is 1. The standard InChI is InChI=1S/C21H20N4O4/c1-28-14-9-7-13(8-10-14)15-12-22-25-17(21(27)24-20(15)25)11-19(26)23-16-5-3-4-6-18(16)29-2/h3-10,12,17H,11H2,1-2H3,(H,23,26)(H,24,27). The van der Waals surface area contributed by atoms with E-state index in [2.05, 4.69) is 15.7 Å². The van der Waals surface area contributed by atoms with Crippen molar-refractivity contribution in [3.05, 3.63) is 54.7 Å². The number of benzene rings is 2. The van der Waals surface area contributed by atoms with Gasteiger partial charge in [0, 0.05) is 5.56 Å². The van der Waals surface area contributed by atoms with Gasteiger partial charge in [-0.15, -0.1) is 0 Å². The van der Waals surface area contributed by atoms with Crippen molar-refractivity contribution in [3.8, 4) is 22.6 Å². The Balaban J connectivity index is 1.53. The molecule has 0 saturated heterocycles. The Morgan fingerprint density at radius 2 is 1.90 bits per heavy atom. The highest BCUT2D eigenvalue weighted by Gasteiger charge is 2.35. The zero-order valence-electron chi connectivity index (χ0n) is 16.0. The lowest BCUT2D eigenvalue weighted by atomic mass is 10.1. The smallest absolute Gasteiger partial charge is 0.251 e. The Hall–Kier alpha value is -3.81. The predicted octanol–water partition coefficient (Wildman–Crippen LogP) is 3.09. The lowest BCUT2D eigenvalue weighted by molar-refractivity contribution is -0.123. The van der Waals surface area contributed by atoms with E-state index in [4.69, 9.17) is 9.47 Å². The van der Waals surface area contributed by atoms with Gasteiger partial charge in [0.25, 0.3) is 5.91 Å². The van der Waals surface area contributed by atoms with Crippen molar-refractivity contribution < 1.29 is 19.1 Å². The number of hydrogen-bond donors (Lipinski definition) is 2. The van der Waals surface area contributed by atoms with E-state index in [0.29, 0.717) is 17.3 Å². The summed E-state index contributed by atoms with van der Waals surface area (Å²) < 4.78 is 12.0. The molecular weight excluding hydrogens is 372 g/mol. The molecule has 4 rings (SSSR count). The molecule has 2 aromatic carbocycles. The van der Waals surface area contributed by atoms with E-state index in [1.54, 1.807) is 36.2 Å². The van der Waals surface area contributed by atoms with Crippen molar-refractivity contribution in [2.75, 3.05) is 24.9 Å². The summed E-state index contributed by atoms with van der Waals surface area (Å²) in [5.41, 5.74) is 2.23. The van der Waals surface area contributed by atoms with E-state index in [1.165, 1.54) is 7.11 Å². The molecule has 8 nitrogen and oxygen atoms in total. The molecule has 148 valence electrons. The lowest BCUT2D eigenvalue weighted by Gasteiger charge is -2.12. The van der Waals surface area contributed by atoms with Gasteiger partial charge in [-0.25, -0.2) is 4.68 Å². The van der Waals surface area contributed by atoms with E-state index >= 15 is 0 Å². The molecule has 1 aliphatic heterocycles. The molecule has 0 fully saturated rings. The number of ether oxygens (including phenoxy) is 2. The Morgan fingerprint density at radius 3 is 2.62 bits per heavy atom. The van der Waals surface area contributed by atoms with Gasteiger partial charge in [-0.3, -0.25) is 9.59 Å². The van der Waals surface area contributed by atoms with Crippen LogP contribution in [0.2, 0.25) is 0 Å². The molecule has 0 aliphatic carbocycles. The monoisotopic (exact) mass is 392 g/mol.